The molecule has 0 saturated heterocycles. The van der Waals surface area contributed by atoms with Crippen LogP contribution in [0.25, 0.3) is 0 Å². The lowest BCUT2D eigenvalue weighted by molar-refractivity contribution is -0.133. The highest BCUT2D eigenvalue weighted by Gasteiger charge is 2.28. The fourth-order valence-corrected chi connectivity index (χ4v) is 3.52. The van der Waals surface area contributed by atoms with Crippen LogP contribution < -0.4 is 4.72 Å². The van der Waals surface area contributed by atoms with Crippen LogP contribution >= 0.6 is 0 Å². The number of carbonyl (C=O) groups is 2. The predicted molar refractivity (Wildman–Crippen MR) is 97.0 cm³/mol. The quantitative estimate of drug-likeness (QED) is 0.492. The van der Waals surface area contributed by atoms with E-state index in [9.17, 15) is 18.0 Å². The van der Waals surface area contributed by atoms with Crippen molar-refractivity contribution in [3.8, 4) is 0 Å². The molecular formula is C18H22N2O5S. The first-order chi connectivity index (χ1) is 12.4. The summed E-state index contributed by atoms with van der Waals surface area (Å²) in [5.74, 6) is -1.16. The molecule has 0 unspecified atom stereocenters. The van der Waals surface area contributed by atoms with Crippen LogP contribution in [0.3, 0.4) is 0 Å². The molecule has 8 heteroatoms. The van der Waals surface area contributed by atoms with E-state index in [0.29, 0.717) is 13.1 Å². The molecule has 7 nitrogen and oxygen atoms in total. The van der Waals surface area contributed by atoms with Crippen molar-refractivity contribution in [3.63, 3.8) is 0 Å². The Balaban J connectivity index is 2.01. The van der Waals surface area contributed by atoms with Crippen molar-refractivity contribution in [1.82, 2.24) is 9.62 Å². The normalized spacial score (nSPS) is 13.7. The van der Waals surface area contributed by atoms with E-state index in [2.05, 4.69) is 17.9 Å². The minimum Gasteiger partial charge on any atom is -0.452 e. The Bertz CT molecular complexity index is 790. The van der Waals surface area contributed by atoms with Crippen LogP contribution in [0.1, 0.15) is 23.2 Å². The Morgan fingerprint density at radius 2 is 1.88 bits per heavy atom. The summed E-state index contributed by atoms with van der Waals surface area (Å²) in [4.78, 5) is 25.6. The van der Waals surface area contributed by atoms with Crippen LogP contribution in [-0.2, 0) is 19.6 Å². The first-order valence-electron chi connectivity index (χ1n) is 8.16. The van der Waals surface area contributed by atoms with Gasteiger partial charge in [-0.1, -0.05) is 18.2 Å². The zero-order valence-electron chi connectivity index (χ0n) is 14.4. The van der Waals surface area contributed by atoms with Crippen LogP contribution in [0, 0.1) is 0 Å². The van der Waals surface area contributed by atoms with Gasteiger partial charge in [-0.05, 0) is 31.0 Å². The van der Waals surface area contributed by atoms with E-state index < -0.39 is 28.5 Å². The van der Waals surface area contributed by atoms with E-state index in [1.54, 1.807) is 12.2 Å². The largest absolute Gasteiger partial charge is 0.452 e. The van der Waals surface area contributed by atoms with Gasteiger partial charge >= 0.3 is 5.97 Å². The summed E-state index contributed by atoms with van der Waals surface area (Å²) >= 11 is 0. The summed E-state index contributed by atoms with van der Waals surface area (Å²) in [5, 5.41) is 0. The van der Waals surface area contributed by atoms with E-state index in [0.717, 1.165) is 12.8 Å². The molecule has 0 spiro atoms. The summed E-state index contributed by atoms with van der Waals surface area (Å²) in [6.45, 7) is 7.30. The second kappa shape index (κ2) is 8.77. The SMILES string of the molecule is C=CCN(CC=C)C(=O)COC(=O)c1cccc(S(=O)(=O)NC2CC2)c1. The molecule has 0 aliphatic heterocycles. The van der Waals surface area contributed by atoms with E-state index >= 15 is 0 Å². The molecule has 2 rings (SSSR count). The third-order valence-corrected chi connectivity index (χ3v) is 5.18. The number of ether oxygens (including phenoxy) is 1. The average molecular weight is 378 g/mol. The Kier molecular flexibility index (Phi) is 6.70. The lowest BCUT2D eigenvalue weighted by Gasteiger charge is -2.19. The van der Waals surface area contributed by atoms with Crippen molar-refractivity contribution in [2.24, 2.45) is 0 Å². The van der Waals surface area contributed by atoms with Gasteiger partial charge in [0.15, 0.2) is 6.61 Å². The van der Waals surface area contributed by atoms with Crippen LogP contribution in [0.15, 0.2) is 54.5 Å². The molecule has 1 aliphatic carbocycles. The first-order valence-corrected chi connectivity index (χ1v) is 9.64. The standard InChI is InChI=1S/C18H22N2O5S/c1-3-10-20(11-4-2)17(21)13-25-18(22)14-6-5-7-16(12-14)26(23,24)19-15-8-9-15/h3-7,12,15,19H,1-2,8-11,13H2. The van der Waals surface area contributed by atoms with E-state index in [1.165, 1.54) is 29.2 Å². The van der Waals surface area contributed by atoms with Crippen LogP contribution in [0.5, 0.6) is 0 Å². The maximum Gasteiger partial charge on any atom is 0.338 e. The predicted octanol–water partition coefficient (Wildman–Crippen LogP) is 1.48. The lowest BCUT2D eigenvalue weighted by Crippen LogP contribution is -2.35. The molecule has 1 fully saturated rings. The molecule has 1 aromatic carbocycles. The number of esters is 1. The smallest absolute Gasteiger partial charge is 0.338 e. The zero-order valence-corrected chi connectivity index (χ0v) is 15.2. The number of sulfonamides is 1. The Morgan fingerprint density at radius 3 is 2.46 bits per heavy atom. The van der Waals surface area contributed by atoms with Crippen molar-refractivity contribution in [3.05, 3.63) is 55.1 Å². The second-order valence-corrected chi connectivity index (χ2v) is 7.59. The third kappa shape index (κ3) is 5.53. The summed E-state index contributed by atoms with van der Waals surface area (Å²) in [6, 6.07) is 5.51. The van der Waals surface area contributed by atoms with Crippen molar-refractivity contribution in [1.29, 1.82) is 0 Å². The number of rotatable bonds is 10. The van der Waals surface area contributed by atoms with Gasteiger partial charge in [0.2, 0.25) is 10.0 Å². The fourth-order valence-electron chi connectivity index (χ4n) is 2.17. The second-order valence-electron chi connectivity index (χ2n) is 5.88. The van der Waals surface area contributed by atoms with Gasteiger partial charge in [0, 0.05) is 19.1 Å². The number of hydrogen-bond acceptors (Lipinski definition) is 5. The van der Waals surface area contributed by atoms with Gasteiger partial charge in [-0.2, -0.15) is 0 Å². The van der Waals surface area contributed by atoms with Crippen molar-refractivity contribution >= 4 is 21.9 Å². The zero-order chi connectivity index (χ0) is 19.2. The van der Waals surface area contributed by atoms with Gasteiger partial charge < -0.3 is 9.64 Å². The Hall–Kier alpha value is -2.45. The number of amides is 1. The molecular weight excluding hydrogens is 356 g/mol. The maximum absolute atomic E-state index is 12.2. The minimum absolute atomic E-state index is 0.00915. The molecule has 1 aromatic rings. The van der Waals surface area contributed by atoms with Gasteiger partial charge in [-0.15, -0.1) is 13.2 Å². The molecule has 0 aromatic heterocycles. The number of nitrogens with zero attached hydrogens (tertiary/aromatic N) is 1. The summed E-state index contributed by atoms with van der Waals surface area (Å²) in [5.41, 5.74) is 0.0652. The van der Waals surface area contributed by atoms with Gasteiger partial charge in [0.25, 0.3) is 5.91 Å². The Morgan fingerprint density at radius 1 is 1.23 bits per heavy atom. The number of nitrogens with one attached hydrogen (secondary N) is 1. The third-order valence-electron chi connectivity index (χ3n) is 3.66. The fraction of sp³-hybridized carbons (Fsp3) is 0.333. The van der Waals surface area contributed by atoms with Gasteiger partial charge in [-0.25, -0.2) is 17.9 Å². The Labute approximate surface area is 153 Å². The molecule has 1 aliphatic rings. The van der Waals surface area contributed by atoms with Gasteiger partial charge in [0.05, 0.1) is 10.5 Å². The lowest BCUT2D eigenvalue weighted by atomic mass is 10.2. The van der Waals surface area contributed by atoms with Crippen molar-refractivity contribution in [2.45, 2.75) is 23.8 Å². The molecule has 0 heterocycles. The highest BCUT2D eigenvalue weighted by Crippen LogP contribution is 2.22. The van der Waals surface area contributed by atoms with Gasteiger partial charge in [0.1, 0.15) is 0 Å². The minimum atomic E-state index is -3.67. The molecule has 0 atom stereocenters. The van der Waals surface area contributed by atoms with E-state index in [4.69, 9.17) is 4.74 Å². The number of hydrogen-bond donors (Lipinski definition) is 1. The molecule has 0 radical (unpaired) electrons. The van der Waals surface area contributed by atoms with Crippen LogP contribution in [0.4, 0.5) is 0 Å². The summed E-state index contributed by atoms with van der Waals surface area (Å²) in [7, 11) is -3.67. The number of benzene rings is 1. The molecule has 26 heavy (non-hydrogen) atoms. The summed E-state index contributed by atoms with van der Waals surface area (Å²) < 4.78 is 32.0. The van der Waals surface area contributed by atoms with Crippen LogP contribution in [0.2, 0.25) is 0 Å². The van der Waals surface area contributed by atoms with Crippen molar-refractivity contribution in [2.75, 3.05) is 19.7 Å². The highest BCUT2D eigenvalue weighted by molar-refractivity contribution is 7.89. The molecule has 140 valence electrons. The topological polar surface area (TPSA) is 92.8 Å². The first kappa shape index (κ1) is 19.9. The van der Waals surface area contributed by atoms with Crippen molar-refractivity contribution < 1.29 is 22.7 Å². The molecule has 1 saturated carbocycles. The van der Waals surface area contributed by atoms with E-state index in [-0.39, 0.29) is 16.5 Å². The maximum atomic E-state index is 12.2. The molecule has 0 bridgehead atoms. The number of carbonyl (C=O) groups excluding carboxylic acids is 2. The molecule has 1 amide bonds. The monoisotopic (exact) mass is 378 g/mol. The average Bonchev–Trinajstić information content (AvgIpc) is 3.42. The molecule has 1 N–H and O–H groups in total. The highest BCUT2D eigenvalue weighted by atomic mass is 32.2. The summed E-state index contributed by atoms with van der Waals surface area (Å²) in [6.07, 6.45) is 4.75. The van der Waals surface area contributed by atoms with E-state index in [1.807, 2.05) is 0 Å². The van der Waals surface area contributed by atoms with Crippen LogP contribution in [-0.4, -0.2) is 50.9 Å². The van der Waals surface area contributed by atoms with Gasteiger partial charge in [-0.3, -0.25) is 4.79 Å².